The van der Waals surface area contributed by atoms with Crippen LogP contribution in [-0.2, 0) is 17.8 Å². The largest absolute Gasteiger partial charge is 0.489 e. The van der Waals surface area contributed by atoms with E-state index in [1.807, 2.05) is 0 Å². The van der Waals surface area contributed by atoms with Gasteiger partial charge < -0.3 is 9.84 Å². The average Bonchev–Trinajstić information content (AvgIpc) is 2.45. The van der Waals surface area contributed by atoms with Crippen LogP contribution in [0.2, 0.25) is 0 Å². The van der Waals surface area contributed by atoms with Gasteiger partial charge in [0.1, 0.15) is 18.2 Å². The van der Waals surface area contributed by atoms with Gasteiger partial charge in [0.2, 0.25) is 0 Å². The van der Waals surface area contributed by atoms with Crippen LogP contribution in [0.5, 0.6) is 5.75 Å². The third-order valence-electron chi connectivity index (χ3n) is 3.10. The number of ketones is 1. The number of halogens is 1. The fourth-order valence-corrected chi connectivity index (χ4v) is 1.97. The fourth-order valence-electron chi connectivity index (χ4n) is 1.97. The number of carboxylic acids is 1. The lowest BCUT2D eigenvalue weighted by Gasteiger charge is -2.08. The highest BCUT2D eigenvalue weighted by atomic mass is 19.1. The number of ether oxygens (including phenoxy) is 1. The number of Topliss-reactive ketones (excluding diaryl/α,β-unsaturated/α-hetero) is 1. The summed E-state index contributed by atoms with van der Waals surface area (Å²) in [5, 5.41) is 8.69. The van der Waals surface area contributed by atoms with Crippen LogP contribution in [-0.4, -0.2) is 16.9 Å². The summed E-state index contributed by atoms with van der Waals surface area (Å²) in [6.07, 6.45) is -0.0289. The molecular weight excluding hydrogens is 287 g/mol. The van der Waals surface area contributed by atoms with Crippen LogP contribution >= 0.6 is 0 Å². The molecular formula is C17H15FO4. The van der Waals surface area contributed by atoms with E-state index in [9.17, 15) is 14.0 Å². The first-order valence-electron chi connectivity index (χ1n) is 6.68. The molecule has 4 nitrogen and oxygen atoms in total. The van der Waals surface area contributed by atoms with Crippen molar-refractivity contribution in [2.75, 3.05) is 0 Å². The second-order valence-corrected chi connectivity index (χ2v) is 4.87. The SMILES string of the molecule is CC(=O)c1ccc(OCc2ccc(CC(=O)O)cc2)cc1F. The average molecular weight is 302 g/mol. The second kappa shape index (κ2) is 6.85. The van der Waals surface area contributed by atoms with Crippen molar-refractivity contribution >= 4 is 11.8 Å². The molecule has 0 spiro atoms. The Morgan fingerprint density at radius 3 is 2.27 bits per heavy atom. The predicted octanol–water partition coefficient (Wildman–Crippen LogP) is 3.23. The second-order valence-electron chi connectivity index (χ2n) is 4.87. The van der Waals surface area contributed by atoms with Crippen molar-refractivity contribution in [3.63, 3.8) is 0 Å². The predicted molar refractivity (Wildman–Crippen MR) is 78.5 cm³/mol. The maximum absolute atomic E-state index is 13.6. The van der Waals surface area contributed by atoms with E-state index in [1.165, 1.54) is 19.1 Å². The van der Waals surface area contributed by atoms with Crippen LogP contribution in [0.3, 0.4) is 0 Å². The quantitative estimate of drug-likeness (QED) is 0.832. The summed E-state index contributed by atoms with van der Waals surface area (Å²) in [6, 6.07) is 11.1. The topological polar surface area (TPSA) is 63.6 Å². The maximum Gasteiger partial charge on any atom is 0.307 e. The summed E-state index contributed by atoms with van der Waals surface area (Å²) in [6.45, 7) is 1.53. The third-order valence-corrected chi connectivity index (χ3v) is 3.10. The van der Waals surface area contributed by atoms with E-state index in [1.54, 1.807) is 30.3 Å². The highest BCUT2D eigenvalue weighted by Gasteiger charge is 2.08. The van der Waals surface area contributed by atoms with Crippen molar-refractivity contribution in [2.45, 2.75) is 20.0 Å². The van der Waals surface area contributed by atoms with Gasteiger partial charge in [0, 0.05) is 6.07 Å². The highest BCUT2D eigenvalue weighted by Crippen LogP contribution is 2.18. The van der Waals surface area contributed by atoms with Gasteiger partial charge >= 0.3 is 5.97 Å². The molecule has 0 radical (unpaired) electrons. The van der Waals surface area contributed by atoms with Gasteiger partial charge in [-0.3, -0.25) is 9.59 Å². The van der Waals surface area contributed by atoms with E-state index in [0.29, 0.717) is 11.3 Å². The monoisotopic (exact) mass is 302 g/mol. The Morgan fingerprint density at radius 2 is 1.73 bits per heavy atom. The normalized spacial score (nSPS) is 10.3. The molecule has 2 aromatic carbocycles. The summed E-state index contributed by atoms with van der Waals surface area (Å²) < 4.78 is 19.1. The zero-order valence-corrected chi connectivity index (χ0v) is 12.0. The molecule has 5 heteroatoms. The van der Waals surface area contributed by atoms with E-state index in [0.717, 1.165) is 5.56 Å². The number of carbonyl (C=O) groups is 2. The molecule has 0 aliphatic carbocycles. The molecule has 114 valence electrons. The Morgan fingerprint density at radius 1 is 1.09 bits per heavy atom. The Kier molecular flexibility index (Phi) is 4.88. The van der Waals surface area contributed by atoms with Crippen LogP contribution in [0, 0.1) is 5.82 Å². The molecule has 0 aliphatic heterocycles. The first-order chi connectivity index (χ1) is 10.5. The molecule has 0 fully saturated rings. The van der Waals surface area contributed by atoms with Crippen molar-refractivity contribution in [1.82, 2.24) is 0 Å². The minimum atomic E-state index is -0.884. The van der Waals surface area contributed by atoms with Gasteiger partial charge in [-0.25, -0.2) is 4.39 Å². The number of aliphatic carboxylic acids is 1. The summed E-state index contributed by atoms with van der Waals surface area (Å²) in [7, 11) is 0. The summed E-state index contributed by atoms with van der Waals surface area (Å²) in [4.78, 5) is 21.7. The molecule has 0 amide bonds. The number of carbonyl (C=O) groups excluding carboxylic acids is 1. The summed E-state index contributed by atoms with van der Waals surface area (Å²) in [5.41, 5.74) is 1.57. The minimum absolute atomic E-state index is 0.0289. The zero-order valence-electron chi connectivity index (χ0n) is 12.0. The van der Waals surface area contributed by atoms with E-state index in [2.05, 4.69) is 0 Å². The van der Waals surface area contributed by atoms with E-state index in [-0.39, 0.29) is 24.4 Å². The standard InChI is InChI=1S/C17H15FO4/c1-11(19)15-7-6-14(9-16(15)18)22-10-13-4-2-12(3-5-13)8-17(20)21/h2-7,9H,8,10H2,1H3,(H,20,21). The Bertz CT molecular complexity index is 692. The Balaban J connectivity index is 1.99. The molecule has 0 heterocycles. The smallest absolute Gasteiger partial charge is 0.307 e. The molecule has 0 bridgehead atoms. The van der Waals surface area contributed by atoms with Gasteiger partial charge in [-0.15, -0.1) is 0 Å². The summed E-state index contributed by atoms with van der Waals surface area (Å²) in [5.74, 6) is -1.50. The van der Waals surface area contributed by atoms with E-state index < -0.39 is 11.8 Å². The number of hydrogen-bond acceptors (Lipinski definition) is 3. The Labute approximate surface area is 127 Å². The van der Waals surface area contributed by atoms with Crippen LogP contribution in [0.1, 0.15) is 28.4 Å². The van der Waals surface area contributed by atoms with Gasteiger partial charge in [0.05, 0.1) is 12.0 Å². The maximum atomic E-state index is 13.6. The molecule has 22 heavy (non-hydrogen) atoms. The van der Waals surface area contributed by atoms with Crippen LogP contribution in [0.15, 0.2) is 42.5 Å². The van der Waals surface area contributed by atoms with Gasteiger partial charge in [-0.05, 0) is 30.2 Å². The van der Waals surface area contributed by atoms with Gasteiger partial charge in [0.25, 0.3) is 0 Å². The highest BCUT2D eigenvalue weighted by molar-refractivity contribution is 5.94. The van der Waals surface area contributed by atoms with Gasteiger partial charge in [0.15, 0.2) is 5.78 Å². The van der Waals surface area contributed by atoms with Crippen LogP contribution in [0.25, 0.3) is 0 Å². The zero-order chi connectivity index (χ0) is 16.1. The number of hydrogen-bond donors (Lipinski definition) is 1. The van der Waals surface area contributed by atoms with E-state index in [4.69, 9.17) is 9.84 Å². The lowest BCUT2D eigenvalue weighted by atomic mass is 10.1. The van der Waals surface area contributed by atoms with Gasteiger partial charge in [-0.1, -0.05) is 24.3 Å². The van der Waals surface area contributed by atoms with Crippen molar-refractivity contribution in [3.8, 4) is 5.75 Å². The van der Waals surface area contributed by atoms with Crippen LogP contribution in [0.4, 0.5) is 4.39 Å². The number of rotatable bonds is 6. The minimum Gasteiger partial charge on any atom is -0.489 e. The van der Waals surface area contributed by atoms with Crippen molar-refractivity contribution in [3.05, 3.63) is 65.0 Å². The molecule has 0 aromatic heterocycles. The summed E-state index contributed by atoms with van der Waals surface area (Å²) >= 11 is 0. The molecule has 0 saturated carbocycles. The lowest BCUT2D eigenvalue weighted by molar-refractivity contribution is -0.136. The van der Waals surface area contributed by atoms with Crippen LogP contribution < -0.4 is 4.74 Å². The molecule has 0 aliphatic rings. The van der Waals surface area contributed by atoms with E-state index >= 15 is 0 Å². The molecule has 0 saturated heterocycles. The molecule has 1 N–H and O–H groups in total. The Hall–Kier alpha value is -2.69. The number of benzene rings is 2. The fraction of sp³-hybridized carbons (Fsp3) is 0.176. The molecule has 2 aromatic rings. The molecule has 0 atom stereocenters. The van der Waals surface area contributed by atoms with Crippen molar-refractivity contribution in [2.24, 2.45) is 0 Å². The molecule has 0 unspecified atom stereocenters. The third kappa shape index (κ3) is 4.15. The van der Waals surface area contributed by atoms with Crippen molar-refractivity contribution < 1.29 is 23.8 Å². The lowest BCUT2D eigenvalue weighted by Crippen LogP contribution is -2.01. The first-order valence-corrected chi connectivity index (χ1v) is 6.68. The first kappa shape index (κ1) is 15.7. The number of carboxylic acid groups (broad SMARTS) is 1. The van der Waals surface area contributed by atoms with Gasteiger partial charge in [-0.2, -0.15) is 0 Å². The molecule has 2 rings (SSSR count). The van der Waals surface area contributed by atoms with Crippen molar-refractivity contribution in [1.29, 1.82) is 0 Å².